The van der Waals surface area contributed by atoms with E-state index in [0.29, 0.717) is 41.7 Å². The largest absolute Gasteiger partial charge is 0.497 e. The topological polar surface area (TPSA) is 97.7 Å². The van der Waals surface area contributed by atoms with Gasteiger partial charge in [0.05, 0.1) is 36.9 Å². The monoisotopic (exact) mass is 509 g/mol. The summed E-state index contributed by atoms with van der Waals surface area (Å²) in [4.78, 5) is 43.3. The van der Waals surface area contributed by atoms with E-state index in [2.05, 4.69) is 5.10 Å². The summed E-state index contributed by atoms with van der Waals surface area (Å²) in [6.07, 6.45) is 1.69. The van der Waals surface area contributed by atoms with E-state index < -0.39 is 29.8 Å². The molecule has 0 aliphatic carbocycles. The van der Waals surface area contributed by atoms with Gasteiger partial charge in [0.25, 0.3) is 0 Å². The van der Waals surface area contributed by atoms with E-state index in [0.717, 1.165) is 11.1 Å². The van der Waals surface area contributed by atoms with Crippen molar-refractivity contribution >= 4 is 29.5 Å². The molecular formula is C29H23N3O6. The van der Waals surface area contributed by atoms with Crippen molar-refractivity contribution in [2.24, 2.45) is 16.9 Å². The Morgan fingerprint density at radius 3 is 2.45 bits per heavy atom. The van der Waals surface area contributed by atoms with Gasteiger partial charge >= 0.3 is 0 Å². The van der Waals surface area contributed by atoms with Gasteiger partial charge < -0.3 is 14.2 Å². The lowest BCUT2D eigenvalue weighted by atomic mass is 9.83. The van der Waals surface area contributed by atoms with Gasteiger partial charge in [0.15, 0.2) is 17.3 Å². The van der Waals surface area contributed by atoms with Crippen LogP contribution in [0.1, 0.15) is 27.5 Å². The Labute approximate surface area is 218 Å². The molecule has 4 aliphatic rings. The van der Waals surface area contributed by atoms with Crippen LogP contribution in [-0.4, -0.2) is 55.2 Å². The molecule has 38 heavy (non-hydrogen) atoms. The molecule has 2 amide bonds. The first-order valence-corrected chi connectivity index (χ1v) is 12.4. The molecule has 2 saturated heterocycles. The summed E-state index contributed by atoms with van der Waals surface area (Å²) in [7, 11) is 1.55. The number of anilines is 1. The highest BCUT2D eigenvalue weighted by atomic mass is 16.6. The fourth-order valence-electron chi connectivity index (χ4n) is 6.02. The lowest BCUT2D eigenvalue weighted by Crippen LogP contribution is -2.44. The van der Waals surface area contributed by atoms with E-state index in [1.54, 1.807) is 60.8 Å². The minimum Gasteiger partial charge on any atom is -0.497 e. The Balaban J connectivity index is 1.33. The Morgan fingerprint density at radius 2 is 1.66 bits per heavy atom. The number of methoxy groups -OCH3 is 1. The molecule has 4 heterocycles. The zero-order valence-electron chi connectivity index (χ0n) is 20.4. The van der Waals surface area contributed by atoms with Crippen LogP contribution < -0.4 is 19.1 Å². The molecule has 7 rings (SSSR count). The van der Waals surface area contributed by atoms with Crippen molar-refractivity contribution in [3.8, 4) is 17.2 Å². The van der Waals surface area contributed by atoms with E-state index in [-0.39, 0.29) is 11.7 Å². The van der Waals surface area contributed by atoms with Crippen molar-refractivity contribution in [3.05, 3.63) is 83.4 Å². The molecule has 0 radical (unpaired) electrons. The van der Waals surface area contributed by atoms with Crippen molar-refractivity contribution < 1.29 is 28.6 Å². The van der Waals surface area contributed by atoms with Gasteiger partial charge in [-0.3, -0.25) is 19.4 Å². The van der Waals surface area contributed by atoms with Crippen molar-refractivity contribution in [3.63, 3.8) is 0 Å². The van der Waals surface area contributed by atoms with Crippen LogP contribution >= 0.6 is 0 Å². The molecule has 3 aromatic rings. The number of ether oxygens (including phenoxy) is 3. The molecule has 1 unspecified atom stereocenters. The summed E-state index contributed by atoms with van der Waals surface area (Å²) in [6, 6.07) is 17.9. The third-order valence-corrected chi connectivity index (χ3v) is 7.72. The maximum atomic E-state index is 14.1. The molecular weight excluding hydrogens is 486 g/mol. The quantitative estimate of drug-likeness (QED) is 0.394. The van der Waals surface area contributed by atoms with Crippen molar-refractivity contribution in [2.75, 3.05) is 25.2 Å². The number of rotatable bonds is 4. The summed E-state index contributed by atoms with van der Waals surface area (Å²) < 4.78 is 16.5. The summed E-state index contributed by atoms with van der Waals surface area (Å²) in [5.74, 6) is -1.08. The third-order valence-electron chi connectivity index (χ3n) is 7.72. The number of benzene rings is 3. The van der Waals surface area contributed by atoms with Crippen LogP contribution in [-0.2, 0) is 9.59 Å². The zero-order chi connectivity index (χ0) is 26.0. The number of Topliss-reactive ketones (excluding diaryl/α,β-unsaturated/α-hetero) is 1. The van der Waals surface area contributed by atoms with Crippen LogP contribution in [0.4, 0.5) is 5.69 Å². The number of carbonyl (C=O) groups excluding carboxylic acids is 3. The molecule has 3 aromatic carbocycles. The average molecular weight is 510 g/mol. The van der Waals surface area contributed by atoms with Gasteiger partial charge in [-0.25, -0.2) is 4.90 Å². The number of imide groups is 1. The van der Waals surface area contributed by atoms with Crippen LogP contribution in [0.25, 0.3) is 0 Å². The molecule has 0 bridgehead atoms. The number of hydrogen-bond donors (Lipinski definition) is 0. The van der Waals surface area contributed by atoms with Gasteiger partial charge in [0, 0.05) is 11.6 Å². The van der Waals surface area contributed by atoms with Crippen LogP contribution in [0.5, 0.6) is 17.2 Å². The second kappa shape index (κ2) is 8.44. The van der Waals surface area contributed by atoms with Gasteiger partial charge in [-0.1, -0.05) is 24.3 Å². The number of amides is 2. The van der Waals surface area contributed by atoms with Gasteiger partial charge in [0.2, 0.25) is 11.8 Å². The van der Waals surface area contributed by atoms with Gasteiger partial charge in [-0.2, -0.15) is 5.10 Å². The molecule has 0 spiro atoms. The number of hydrogen-bond acceptors (Lipinski definition) is 8. The van der Waals surface area contributed by atoms with Crippen molar-refractivity contribution in [2.45, 2.75) is 12.1 Å². The Bertz CT molecular complexity index is 1520. The molecule has 2 fully saturated rings. The highest BCUT2D eigenvalue weighted by Gasteiger charge is 2.65. The number of ketones is 1. The molecule has 0 N–H and O–H groups in total. The second-order valence-electron chi connectivity index (χ2n) is 9.63. The predicted molar refractivity (Wildman–Crippen MR) is 137 cm³/mol. The van der Waals surface area contributed by atoms with Gasteiger partial charge in [0.1, 0.15) is 25.0 Å². The van der Waals surface area contributed by atoms with E-state index in [1.807, 2.05) is 24.3 Å². The molecule has 9 nitrogen and oxygen atoms in total. The Kier molecular flexibility index (Phi) is 5.01. The van der Waals surface area contributed by atoms with E-state index in [9.17, 15) is 14.4 Å². The highest BCUT2D eigenvalue weighted by molar-refractivity contribution is 6.24. The smallest absolute Gasteiger partial charge is 0.240 e. The first kappa shape index (κ1) is 22.5. The van der Waals surface area contributed by atoms with Crippen LogP contribution in [0.15, 0.2) is 71.8 Å². The van der Waals surface area contributed by atoms with Crippen molar-refractivity contribution in [1.29, 1.82) is 0 Å². The van der Waals surface area contributed by atoms with E-state index >= 15 is 0 Å². The third kappa shape index (κ3) is 3.17. The molecule has 190 valence electrons. The minimum atomic E-state index is -0.943. The predicted octanol–water partition coefficient (Wildman–Crippen LogP) is 3.23. The van der Waals surface area contributed by atoms with E-state index in [1.165, 1.54) is 4.90 Å². The number of carbonyl (C=O) groups is 3. The molecule has 9 heteroatoms. The number of hydrazone groups is 1. The maximum absolute atomic E-state index is 14.1. The maximum Gasteiger partial charge on any atom is 0.240 e. The van der Waals surface area contributed by atoms with Crippen LogP contribution in [0.3, 0.4) is 0 Å². The summed E-state index contributed by atoms with van der Waals surface area (Å²) in [5.41, 5.74) is 2.55. The molecule has 4 atom stereocenters. The lowest BCUT2D eigenvalue weighted by Gasteiger charge is -2.34. The van der Waals surface area contributed by atoms with Gasteiger partial charge in [-0.15, -0.1) is 0 Å². The second-order valence-corrected chi connectivity index (χ2v) is 9.63. The average Bonchev–Trinajstić information content (AvgIpc) is 3.44. The Morgan fingerprint density at radius 1 is 0.921 bits per heavy atom. The number of fused-ring (bicyclic) bond motifs is 6. The normalized spacial score (nSPS) is 24.7. The zero-order valence-corrected chi connectivity index (χ0v) is 20.4. The summed E-state index contributed by atoms with van der Waals surface area (Å²) in [5, 5.41) is 6.26. The first-order chi connectivity index (χ1) is 18.6. The van der Waals surface area contributed by atoms with Gasteiger partial charge in [-0.05, 0) is 47.5 Å². The minimum absolute atomic E-state index is 0.271. The SMILES string of the molecule is COc1ccc(C(=O)[C@@H]2[C@@H]3C(=O)N(c4ccc5c(c4)OCCO5)C(=O)[C@@H]3C3c4ccccc4C=NN32)cc1. The summed E-state index contributed by atoms with van der Waals surface area (Å²) >= 11 is 0. The molecule has 0 saturated carbocycles. The van der Waals surface area contributed by atoms with Crippen LogP contribution in [0.2, 0.25) is 0 Å². The fraction of sp³-hybridized carbons (Fsp3) is 0.241. The van der Waals surface area contributed by atoms with E-state index in [4.69, 9.17) is 14.2 Å². The summed E-state index contributed by atoms with van der Waals surface area (Å²) in [6.45, 7) is 0.818. The van der Waals surface area contributed by atoms with Crippen LogP contribution in [0, 0.1) is 11.8 Å². The molecule has 4 aliphatic heterocycles. The highest BCUT2D eigenvalue weighted by Crippen LogP contribution is 2.53. The molecule has 0 aromatic heterocycles. The Hall–Kier alpha value is -4.66. The standard InChI is InChI=1S/C29H23N3O6/c1-36-19-9-6-16(7-10-19)27(33)26-24-23(25-20-5-3-2-4-17(20)15-30-32(25)26)28(34)31(29(24)35)18-8-11-21-22(14-18)38-13-12-37-21/h2-11,14-15,23-26H,12-13H2,1H3/t23-,24+,25?,26-/m0/s1. The fourth-order valence-corrected chi connectivity index (χ4v) is 6.02. The van der Waals surface area contributed by atoms with Crippen molar-refractivity contribution in [1.82, 2.24) is 5.01 Å². The lowest BCUT2D eigenvalue weighted by molar-refractivity contribution is -0.124. The number of nitrogens with zero attached hydrogens (tertiary/aromatic N) is 3. The first-order valence-electron chi connectivity index (χ1n) is 12.4.